The molecule has 1 fully saturated rings. The Kier molecular flexibility index (Phi) is 5.89. The molecule has 3 unspecified atom stereocenters. The Hall–Kier alpha value is -1.49. The molecule has 1 aromatic rings. The van der Waals surface area contributed by atoms with Crippen LogP contribution in [0.1, 0.15) is 43.5 Å². The van der Waals surface area contributed by atoms with Gasteiger partial charge in [0.15, 0.2) is 0 Å². The second-order valence-corrected chi connectivity index (χ2v) is 7.12. The van der Waals surface area contributed by atoms with E-state index in [2.05, 4.69) is 19.2 Å². The molecule has 120 valence electrons. The summed E-state index contributed by atoms with van der Waals surface area (Å²) in [5.41, 5.74) is 5.81. The molecule has 2 amide bonds. The quantitative estimate of drug-likeness (QED) is 0.819. The van der Waals surface area contributed by atoms with Crippen LogP contribution in [0, 0.1) is 11.8 Å². The van der Waals surface area contributed by atoms with Crippen LogP contribution in [0.25, 0.3) is 0 Å². The van der Waals surface area contributed by atoms with Gasteiger partial charge in [0.2, 0.25) is 5.91 Å². The van der Waals surface area contributed by atoms with E-state index in [1.54, 1.807) is 6.07 Å². The van der Waals surface area contributed by atoms with Crippen molar-refractivity contribution in [3.05, 3.63) is 29.8 Å². The van der Waals surface area contributed by atoms with E-state index >= 15 is 0 Å². The molecule has 1 aliphatic carbocycles. The number of rotatable bonds is 5. The van der Waals surface area contributed by atoms with Gasteiger partial charge in [-0.05, 0) is 30.4 Å². The fourth-order valence-electron chi connectivity index (χ4n) is 2.96. The third kappa shape index (κ3) is 4.26. The number of hydrogen-bond acceptors (Lipinski definition) is 3. The molecule has 3 atom stereocenters. The van der Waals surface area contributed by atoms with Crippen LogP contribution in [-0.2, 0) is 4.79 Å². The van der Waals surface area contributed by atoms with Gasteiger partial charge in [-0.15, -0.1) is 11.8 Å². The van der Waals surface area contributed by atoms with Gasteiger partial charge >= 0.3 is 0 Å². The van der Waals surface area contributed by atoms with E-state index < -0.39 is 0 Å². The van der Waals surface area contributed by atoms with Gasteiger partial charge < -0.3 is 11.1 Å². The summed E-state index contributed by atoms with van der Waals surface area (Å²) >= 11 is 1.31. The lowest BCUT2D eigenvalue weighted by atomic mass is 9.78. The summed E-state index contributed by atoms with van der Waals surface area (Å²) in [6, 6.07) is 7.59. The van der Waals surface area contributed by atoms with Crippen molar-refractivity contribution in [2.45, 2.75) is 44.0 Å². The molecule has 0 spiro atoms. The van der Waals surface area contributed by atoms with Crippen molar-refractivity contribution in [2.24, 2.45) is 17.6 Å². The first-order valence-corrected chi connectivity index (χ1v) is 8.78. The van der Waals surface area contributed by atoms with E-state index in [0.717, 1.165) is 17.7 Å². The highest BCUT2D eigenvalue weighted by Crippen LogP contribution is 2.30. The van der Waals surface area contributed by atoms with Crippen LogP contribution >= 0.6 is 11.8 Å². The molecule has 0 radical (unpaired) electrons. The SMILES string of the molecule is CC1CCCC(NC(=O)c2ccccc2SCC(N)=O)C1C. The summed E-state index contributed by atoms with van der Waals surface area (Å²) < 4.78 is 0. The van der Waals surface area contributed by atoms with Crippen LogP contribution in [0.2, 0.25) is 0 Å². The monoisotopic (exact) mass is 320 g/mol. The molecule has 0 aromatic heterocycles. The molecule has 1 saturated carbocycles. The minimum atomic E-state index is -0.380. The number of carbonyl (C=O) groups is 2. The molecule has 0 bridgehead atoms. The van der Waals surface area contributed by atoms with Crippen molar-refractivity contribution >= 4 is 23.6 Å². The predicted molar refractivity (Wildman–Crippen MR) is 89.8 cm³/mol. The van der Waals surface area contributed by atoms with Gasteiger partial charge in [-0.1, -0.05) is 38.8 Å². The lowest BCUT2D eigenvalue weighted by molar-refractivity contribution is -0.115. The Labute approximate surface area is 136 Å². The molecular weight excluding hydrogens is 296 g/mol. The van der Waals surface area contributed by atoms with Crippen molar-refractivity contribution in [3.63, 3.8) is 0 Å². The first kappa shape index (κ1) is 16.9. The van der Waals surface area contributed by atoms with Crippen molar-refractivity contribution < 1.29 is 9.59 Å². The Morgan fingerprint density at radius 1 is 1.27 bits per heavy atom. The number of nitrogens with two attached hydrogens (primary N) is 1. The summed E-state index contributed by atoms with van der Waals surface area (Å²) in [5, 5.41) is 3.17. The lowest BCUT2D eigenvalue weighted by Crippen LogP contribution is -2.43. The Morgan fingerprint density at radius 3 is 2.73 bits per heavy atom. The van der Waals surface area contributed by atoms with Gasteiger partial charge in [0.25, 0.3) is 5.91 Å². The number of primary amides is 1. The first-order valence-electron chi connectivity index (χ1n) is 7.80. The third-order valence-electron chi connectivity index (χ3n) is 4.52. The maximum absolute atomic E-state index is 12.6. The number of hydrogen-bond donors (Lipinski definition) is 2. The normalized spacial score (nSPS) is 24.7. The van der Waals surface area contributed by atoms with Gasteiger partial charge in [0.1, 0.15) is 0 Å². The number of amides is 2. The average molecular weight is 320 g/mol. The number of nitrogens with one attached hydrogen (secondary N) is 1. The van der Waals surface area contributed by atoms with E-state index in [0.29, 0.717) is 17.4 Å². The summed E-state index contributed by atoms with van der Waals surface area (Å²) in [6.07, 6.45) is 3.43. The van der Waals surface area contributed by atoms with Gasteiger partial charge in [0, 0.05) is 10.9 Å². The molecule has 4 nitrogen and oxygen atoms in total. The molecule has 5 heteroatoms. The molecule has 0 heterocycles. The Morgan fingerprint density at radius 2 is 2.00 bits per heavy atom. The van der Waals surface area contributed by atoms with Crippen LogP contribution in [0.15, 0.2) is 29.2 Å². The van der Waals surface area contributed by atoms with E-state index in [9.17, 15) is 9.59 Å². The number of benzene rings is 1. The number of thioether (sulfide) groups is 1. The largest absolute Gasteiger partial charge is 0.369 e. The Balaban J connectivity index is 2.07. The zero-order valence-corrected chi connectivity index (χ0v) is 14.0. The van der Waals surface area contributed by atoms with Gasteiger partial charge in [-0.25, -0.2) is 0 Å². The molecular formula is C17H24N2O2S. The fourth-order valence-corrected chi connectivity index (χ4v) is 3.75. The second kappa shape index (κ2) is 7.68. The van der Waals surface area contributed by atoms with Gasteiger partial charge in [-0.3, -0.25) is 9.59 Å². The van der Waals surface area contributed by atoms with Crippen LogP contribution in [0.4, 0.5) is 0 Å². The Bertz CT molecular complexity index is 547. The maximum Gasteiger partial charge on any atom is 0.252 e. The molecule has 0 aliphatic heterocycles. The second-order valence-electron chi connectivity index (χ2n) is 6.10. The van der Waals surface area contributed by atoms with E-state index in [-0.39, 0.29) is 23.6 Å². The van der Waals surface area contributed by atoms with Crippen molar-refractivity contribution in [3.8, 4) is 0 Å². The van der Waals surface area contributed by atoms with Gasteiger partial charge in [-0.2, -0.15) is 0 Å². The zero-order valence-electron chi connectivity index (χ0n) is 13.2. The average Bonchev–Trinajstić information content (AvgIpc) is 2.50. The van der Waals surface area contributed by atoms with Crippen LogP contribution in [0.3, 0.4) is 0 Å². The smallest absolute Gasteiger partial charge is 0.252 e. The highest BCUT2D eigenvalue weighted by Gasteiger charge is 2.28. The highest BCUT2D eigenvalue weighted by atomic mass is 32.2. The van der Waals surface area contributed by atoms with Crippen molar-refractivity contribution in [1.29, 1.82) is 0 Å². The summed E-state index contributed by atoms with van der Waals surface area (Å²) in [6.45, 7) is 4.46. The van der Waals surface area contributed by atoms with Gasteiger partial charge in [0.05, 0.1) is 11.3 Å². The third-order valence-corrected chi connectivity index (χ3v) is 5.62. The molecule has 3 N–H and O–H groups in total. The molecule has 2 rings (SSSR count). The minimum absolute atomic E-state index is 0.0569. The van der Waals surface area contributed by atoms with Crippen LogP contribution in [-0.4, -0.2) is 23.6 Å². The molecule has 1 aromatic carbocycles. The lowest BCUT2D eigenvalue weighted by Gasteiger charge is -2.34. The van der Waals surface area contributed by atoms with E-state index in [1.807, 2.05) is 18.2 Å². The molecule has 1 aliphatic rings. The van der Waals surface area contributed by atoms with Crippen molar-refractivity contribution in [1.82, 2.24) is 5.32 Å². The zero-order chi connectivity index (χ0) is 16.1. The maximum atomic E-state index is 12.6. The van der Waals surface area contributed by atoms with E-state index in [1.165, 1.54) is 18.2 Å². The van der Waals surface area contributed by atoms with Crippen LogP contribution < -0.4 is 11.1 Å². The fraction of sp³-hybridized carbons (Fsp3) is 0.529. The number of carbonyl (C=O) groups excluding carboxylic acids is 2. The standard InChI is InChI=1S/C17H24N2O2S/c1-11-6-5-8-14(12(11)2)19-17(21)13-7-3-4-9-15(13)22-10-16(18)20/h3-4,7,9,11-12,14H,5-6,8,10H2,1-2H3,(H2,18,20)(H,19,21). The topological polar surface area (TPSA) is 72.2 Å². The van der Waals surface area contributed by atoms with Crippen molar-refractivity contribution in [2.75, 3.05) is 5.75 Å². The molecule has 0 saturated heterocycles. The first-order chi connectivity index (χ1) is 10.5. The summed E-state index contributed by atoms with van der Waals surface area (Å²) in [5.74, 6) is 0.872. The summed E-state index contributed by atoms with van der Waals surface area (Å²) in [4.78, 5) is 24.3. The predicted octanol–water partition coefficient (Wildman–Crippen LogP) is 2.82. The highest BCUT2D eigenvalue weighted by molar-refractivity contribution is 8.00. The van der Waals surface area contributed by atoms with Crippen LogP contribution in [0.5, 0.6) is 0 Å². The molecule has 22 heavy (non-hydrogen) atoms. The minimum Gasteiger partial charge on any atom is -0.369 e. The summed E-state index contributed by atoms with van der Waals surface area (Å²) in [7, 11) is 0. The van der Waals surface area contributed by atoms with E-state index in [4.69, 9.17) is 5.73 Å².